The van der Waals surface area contributed by atoms with Gasteiger partial charge in [-0.25, -0.2) is 0 Å². The number of hydrogen-bond acceptors (Lipinski definition) is 2. The second kappa shape index (κ2) is 6.51. The van der Waals surface area contributed by atoms with Gasteiger partial charge >= 0.3 is 0 Å². The molecule has 0 amide bonds. The van der Waals surface area contributed by atoms with Gasteiger partial charge in [0.15, 0.2) is 0 Å². The summed E-state index contributed by atoms with van der Waals surface area (Å²) in [5.74, 6) is 2.31. The molecular formula is C22H28O2. The van der Waals surface area contributed by atoms with Crippen molar-refractivity contribution in [1.29, 1.82) is 0 Å². The van der Waals surface area contributed by atoms with Gasteiger partial charge in [-0.2, -0.15) is 0 Å². The lowest BCUT2D eigenvalue weighted by molar-refractivity contribution is 0.155. The van der Waals surface area contributed by atoms with Gasteiger partial charge < -0.3 is 10.2 Å². The van der Waals surface area contributed by atoms with Crippen molar-refractivity contribution in [3.05, 3.63) is 59.7 Å². The van der Waals surface area contributed by atoms with E-state index in [1.807, 2.05) is 0 Å². The van der Waals surface area contributed by atoms with Crippen LogP contribution in [0.4, 0.5) is 0 Å². The summed E-state index contributed by atoms with van der Waals surface area (Å²) in [6, 6.07) is 15.5. The highest BCUT2D eigenvalue weighted by Crippen LogP contribution is 2.50. The first kappa shape index (κ1) is 16.9. The van der Waals surface area contributed by atoms with Crippen molar-refractivity contribution in [3.63, 3.8) is 0 Å². The molecule has 3 atom stereocenters. The largest absolute Gasteiger partial charge is 0.508 e. The second-order valence-corrected chi connectivity index (χ2v) is 7.90. The van der Waals surface area contributed by atoms with Crippen LogP contribution in [0.25, 0.3) is 0 Å². The summed E-state index contributed by atoms with van der Waals surface area (Å²) >= 11 is 0. The van der Waals surface area contributed by atoms with Crippen LogP contribution < -0.4 is 0 Å². The van der Waals surface area contributed by atoms with E-state index in [0.29, 0.717) is 29.3 Å². The molecule has 2 heteroatoms. The Bertz CT molecular complexity index is 670. The van der Waals surface area contributed by atoms with Crippen LogP contribution in [0.3, 0.4) is 0 Å². The normalized spacial score (nSPS) is 24.7. The van der Waals surface area contributed by atoms with Gasteiger partial charge in [-0.15, -0.1) is 0 Å². The van der Waals surface area contributed by atoms with E-state index in [2.05, 4.69) is 45.0 Å². The summed E-state index contributed by atoms with van der Waals surface area (Å²) in [5, 5.41) is 19.2. The molecule has 0 saturated heterocycles. The average molecular weight is 324 g/mol. The molecule has 0 aromatic heterocycles. The molecule has 2 aromatic carbocycles. The molecule has 1 fully saturated rings. The van der Waals surface area contributed by atoms with Crippen molar-refractivity contribution in [2.24, 2.45) is 11.8 Å². The van der Waals surface area contributed by atoms with Gasteiger partial charge in [0.1, 0.15) is 11.5 Å². The second-order valence-electron chi connectivity index (χ2n) is 7.90. The Balaban J connectivity index is 1.98. The van der Waals surface area contributed by atoms with E-state index in [1.165, 1.54) is 30.4 Å². The fourth-order valence-electron chi connectivity index (χ4n) is 4.59. The molecule has 1 aliphatic rings. The number of phenolic OH excluding ortho intramolecular Hbond substituents is 2. The van der Waals surface area contributed by atoms with Crippen LogP contribution in [-0.2, 0) is 5.41 Å². The van der Waals surface area contributed by atoms with Gasteiger partial charge in [0.2, 0.25) is 0 Å². The van der Waals surface area contributed by atoms with Crippen molar-refractivity contribution in [2.45, 2.75) is 51.4 Å². The van der Waals surface area contributed by atoms with E-state index in [0.717, 1.165) is 0 Å². The minimum absolute atomic E-state index is 0.0327. The minimum Gasteiger partial charge on any atom is -0.508 e. The number of benzene rings is 2. The van der Waals surface area contributed by atoms with Crippen LogP contribution in [0.1, 0.15) is 57.1 Å². The third-order valence-electron chi connectivity index (χ3n) is 6.04. The maximum Gasteiger partial charge on any atom is 0.115 e. The van der Waals surface area contributed by atoms with Crippen LogP contribution in [0.5, 0.6) is 11.5 Å². The van der Waals surface area contributed by atoms with Gasteiger partial charge in [-0.3, -0.25) is 0 Å². The fourth-order valence-corrected chi connectivity index (χ4v) is 4.59. The summed E-state index contributed by atoms with van der Waals surface area (Å²) in [4.78, 5) is 0. The van der Waals surface area contributed by atoms with Gasteiger partial charge in [0.05, 0.1) is 0 Å². The highest BCUT2D eigenvalue weighted by Gasteiger charge is 2.41. The summed E-state index contributed by atoms with van der Waals surface area (Å²) in [5.41, 5.74) is 2.64. The van der Waals surface area contributed by atoms with Crippen molar-refractivity contribution in [3.8, 4) is 11.5 Å². The number of phenols is 2. The van der Waals surface area contributed by atoms with Crippen LogP contribution in [0.2, 0.25) is 0 Å². The predicted molar refractivity (Wildman–Crippen MR) is 98.5 cm³/mol. The van der Waals surface area contributed by atoms with Gasteiger partial charge in [0.25, 0.3) is 0 Å². The predicted octanol–water partition coefficient (Wildman–Crippen LogP) is 5.60. The quantitative estimate of drug-likeness (QED) is 0.772. The van der Waals surface area contributed by atoms with Crippen LogP contribution in [0, 0.1) is 11.8 Å². The zero-order chi connectivity index (χ0) is 17.3. The lowest BCUT2D eigenvalue weighted by Gasteiger charge is -2.46. The molecule has 0 aliphatic heterocycles. The standard InChI is InChI=1S/C22H28O2/c1-15-5-4-6-20(21(15)16-7-11-18(23)12-8-16)22(2,3)17-9-13-19(24)14-10-17/h7-15,20-21,23-24H,4-6H2,1-3H3. The van der Waals surface area contributed by atoms with E-state index < -0.39 is 0 Å². The van der Waals surface area contributed by atoms with Gasteiger partial charge in [-0.1, -0.05) is 57.9 Å². The number of aromatic hydroxyl groups is 2. The summed E-state index contributed by atoms with van der Waals surface area (Å²) in [7, 11) is 0. The Morgan fingerprint density at radius 3 is 1.96 bits per heavy atom. The minimum atomic E-state index is 0.0327. The molecule has 24 heavy (non-hydrogen) atoms. The molecule has 2 aromatic rings. The Kier molecular flexibility index (Phi) is 4.58. The lowest BCUT2D eigenvalue weighted by Crippen LogP contribution is -2.38. The van der Waals surface area contributed by atoms with E-state index in [-0.39, 0.29) is 5.41 Å². The molecule has 0 spiro atoms. The third-order valence-corrected chi connectivity index (χ3v) is 6.04. The zero-order valence-corrected chi connectivity index (χ0v) is 14.9. The molecule has 128 valence electrons. The first-order chi connectivity index (χ1) is 11.4. The average Bonchev–Trinajstić information content (AvgIpc) is 2.56. The smallest absolute Gasteiger partial charge is 0.115 e. The first-order valence-electron chi connectivity index (χ1n) is 8.98. The highest BCUT2D eigenvalue weighted by atomic mass is 16.3. The molecule has 3 unspecified atom stereocenters. The van der Waals surface area contributed by atoms with Crippen molar-refractivity contribution in [1.82, 2.24) is 0 Å². The lowest BCUT2D eigenvalue weighted by atomic mass is 9.58. The molecule has 1 aliphatic carbocycles. The molecule has 0 bridgehead atoms. The van der Waals surface area contributed by atoms with Crippen LogP contribution >= 0.6 is 0 Å². The molecule has 1 saturated carbocycles. The number of hydrogen-bond donors (Lipinski definition) is 2. The Labute approximate surface area is 145 Å². The Hall–Kier alpha value is -1.96. The molecule has 0 heterocycles. The van der Waals surface area contributed by atoms with Crippen molar-refractivity contribution < 1.29 is 10.2 Å². The molecular weight excluding hydrogens is 296 g/mol. The van der Waals surface area contributed by atoms with E-state index >= 15 is 0 Å². The maximum absolute atomic E-state index is 9.63. The van der Waals surface area contributed by atoms with Crippen molar-refractivity contribution in [2.75, 3.05) is 0 Å². The van der Waals surface area contributed by atoms with Crippen LogP contribution in [-0.4, -0.2) is 10.2 Å². The topological polar surface area (TPSA) is 40.5 Å². The van der Waals surface area contributed by atoms with E-state index in [9.17, 15) is 10.2 Å². The highest BCUT2D eigenvalue weighted by molar-refractivity contribution is 5.35. The first-order valence-corrected chi connectivity index (χ1v) is 8.98. The summed E-state index contributed by atoms with van der Waals surface area (Å²) in [6.45, 7) is 7.02. The third kappa shape index (κ3) is 3.15. The molecule has 2 nitrogen and oxygen atoms in total. The Morgan fingerprint density at radius 1 is 0.833 bits per heavy atom. The van der Waals surface area contributed by atoms with E-state index in [4.69, 9.17) is 0 Å². The van der Waals surface area contributed by atoms with Gasteiger partial charge in [0, 0.05) is 0 Å². The molecule has 2 N–H and O–H groups in total. The summed E-state index contributed by atoms with van der Waals surface area (Å²) < 4.78 is 0. The van der Waals surface area contributed by atoms with Crippen LogP contribution in [0.15, 0.2) is 48.5 Å². The summed E-state index contributed by atoms with van der Waals surface area (Å²) in [6.07, 6.45) is 3.74. The fraction of sp³-hybridized carbons (Fsp3) is 0.455. The molecule has 3 rings (SSSR count). The molecule has 0 radical (unpaired) electrons. The Morgan fingerprint density at radius 2 is 1.38 bits per heavy atom. The monoisotopic (exact) mass is 324 g/mol. The maximum atomic E-state index is 9.63. The SMILES string of the molecule is CC1CCCC(C(C)(C)c2ccc(O)cc2)C1c1ccc(O)cc1. The number of rotatable bonds is 3. The van der Waals surface area contributed by atoms with Gasteiger partial charge in [-0.05, 0) is 65.0 Å². The van der Waals surface area contributed by atoms with E-state index in [1.54, 1.807) is 24.3 Å². The van der Waals surface area contributed by atoms with Crippen molar-refractivity contribution >= 4 is 0 Å². The zero-order valence-electron chi connectivity index (χ0n) is 14.9.